The van der Waals surface area contributed by atoms with Crippen molar-refractivity contribution >= 4 is 17.9 Å². The maximum Gasteiger partial charge on any atom is 0.309 e. The normalized spacial score (nSPS) is 12.6. The maximum atomic E-state index is 12.9. The Morgan fingerprint density at radius 2 is 0.544 bits per heavy atom. The second kappa shape index (κ2) is 67.1. The molecule has 6 nitrogen and oxygen atoms in total. The Morgan fingerprint density at radius 3 is 0.873 bits per heavy atom. The van der Waals surface area contributed by atoms with Crippen LogP contribution in [0.5, 0.6) is 0 Å². The van der Waals surface area contributed by atoms with Gasteiger partial charge in [0.15, 0.2) is 6.10 Å². The van der Waals surface area contributed by atoms with Crippen LogP contribution in [0.3, 0.4) is 0 Å². The zero-order valence-electron chi connectivity index (χ0n) is 52.4. The fourth-order valence-electron chi connectivity index (χ4n) is 9.80. The Bertz CT molecular complexity index is 1500. The number of carbonyl (C=O) groups excluding carboxylic acids is 3. The van der Waals surface area contributed by atoms with Gasteiger partial charge in [0.2, 0.25) is 0 Å². The van der Waals surface area contributed by atoms with E-state index >= 15 is 0 Å². The highest BCUT2D eigenvalue weighted by Gasteiger charge is 2.19. The fraction of sp³-hybridized carbons (Fsp3) is 0.767. The molecule has 0 fully saturated rings. The lowest BCUT2D eigenvalue weighted by Crippen LogP contribution is -2.30. The number of unbranched alkanes of at least 4 members (excludes halogenated alkanes) is 38. The molecular formula is C73H128O6. The molecule has 0 aromatic carbocycles. The molecule has 0 aromatic heterocycles. The van der Waals surface area contributed by atoms with Gasteiger partial charge in [-0.1, -0.05) is 311 Å². The van der Waals surface area contributed by atoms with Crippen LogP contribution in [0.15, 0.2) is 85.1 Å². The number of carbonyl (C=O) groups is 3. The largest absolute Gasteiger partial charge is 0.462 e. The lowest BCUT2D eigenvalue weighted by Gasteiger charge is -2.18. The molecule has 0 radical (unpaired) electrons. The molecule has 456 valence electrons. The van der Waals surface area contributed by atoms with Crippen LogP contribution in [-0.2, 0) is 28.6 Å². The molecule has 0 heterocycles. The van der Waals surface area contributed by atoms with Gasteiger partial charge in [0.25, 0.3) is 0 Å². The molecule has 0 saturated carbocycles. The molecule has 0 aliphatic carbocycles. The first kappa shape index (κ1) is 75.6. The minimum Gasteiger partial charge on any atom is -0.462 e. The minimum atomic E-state index is -0.819. The SMILES string of the molecule is CC/C=C\C/C=C\C/C=C\C/C=C\C/C=C\CC(=O)OCC(COC(=O)CCCCCCCCCCCCCCCCCCC/C=C\CCCCCCCCCC)OC(=O)CCCCCCCCC/C=C\CCCCCCCC. The smallest absolute Gasteiger partial charge is 0.309 e. The average Bonchev–Trinajstić information content (AvgIpc) is 3.45. The van der Waals surface area contributed by atoms with Gasteiger partial charge < -0.3 is 14.2 Å². The van der Waals surface area contributed by atoms with E-state index in [1.807, 2.05) is 6.08 Å². The van der Waals surface area contributed by atoms with Crippen LogP contribution in [0.4, 0.5) is 0 Å². The Labute approximate surface area is 490 Å². The zero-order valence-corrected chi connectivity index (χ0v) is 52.4. The molecule has 0 saturated heterocycles. The third kappa shape index (κ3) is 65.3. The average molecular weight is 1100 g/mol. The zero-order chi connectivity index (χ0) is 57.1. The van der Waals surface area contributed by atoms with Gasteiger partial charge in [-0.3, -0.25) is 14.4 Å². The molecule has 79 heavy (non-hydrogen) atoms. The molecule has 0 rings (SSSR count). The summed E-state index contributed by atoms with van der Waals surface area (Å²) in [6.07, 6.45) is 89.3. The standard InChI is InChI=1S/C73H128O6/c1-4-7-10-13-16-19-22-25-28-30-31-32-33-34-35-36-37-38-39-40-41-43-45-48-51-54-57-60-63-66-72(75)78-69-70(68-77-71(74)65-62-59-56-53-50-47-44-27-24-21-18-15-12-9-6-3)79-73(76)67-64-61-58-55-52-49-46-42-29-26-23-20-17-14-11-8-5-2/h9,12,18,21,26-27,29-31,44,50,53,59,62,70H,4-8,10-11,13-17,19-20,22-25,28,32-43,45-49,51-52,54-58,60-61,63-69H2,1-3H3/b12-9-,21-18-,29-26-,31-30-,44-27-,53-50-,62-59-. The van der Waals surface area contributed by atoms with E-state index in [-0.39, 0.29) is 31.6 Å². The van der Waals surface area contributed by atoms with Gasteiger partial charge in [0.1, 0.15) is 13.2 Å². The molecule has 0 aromatic rings. The number of hydrogen-bond donors (Lipinski definition) is 0. The predicted octanol–water partition coefficient (Wildman–Crippen LogP) is 23.4. The first-order chi connectivity index (χ1) is 39.0. The highest BCUT2D eigenvalue weighted by atomic mass is 16.6. The summed E-state index contributed by atoms with van der Waals surface area (Å²) < 4.78 is 16.8. The third-order valence-corrected chi connectivity index (χ3v) is 14.9. The van der Waals surface area contributed by atoms with E-state index in [4.69, 9.17) is 14.2 Å². The van der Waals surface area contributed by atoms with Crippen LogP contribution in [0.1, 0.15) is 342 Å². The van der Waals surface area contributed by atoms with Gasteiger partial charge in [-0.15, -0.1) is 0 Å². The lowest BCUT2D eigenvalue weighted by molar-refractivity contribution is -0.166. The summed E-state index contributed by atoms with van der Waals surface area (Å²) in [5, 5.41) is 0. The molecule has 1 atom stereocenters. The summed E-state index contributed by atoms with van der Waals surface area (Å²) in [6.45, 7) is 6.47. The van der Waals surface area contributed by atoms with E-state index in [0.29, 0.717) is 12.8 Å². The molecule has 1 unspecified atom stereocenters. The molecule has 6 heteroatoms. The van der Waals surface area contributed by atoms with Crippen LogP contribution < -0.4 is 0 Å². The van der Waals surface area contributed by atoms with E-state index < -0.39 is 12.1 Å². The first-order valence-electron chi connectivity index (χ1n) is 34.1. The second-order valence-corrected chi connectivity index (χ2v) is 22.7. The van der Waals surface area contributed by atoms with Crippen LogP contribution >= 0.6 is 0 Å². The molecule has 0 bridgehead atoms. The van der Waals surface area contributed by atoms with Crippen molar-refractivity contribution in [3.8, 4) is 0 Å². The van der Waals surface area contributed by atoms with Gasteiger partial charge in [-0.2, -0.15) is 0 Å². The van der Waals surface area contributed by atoms with E-state index in [0.717, 1.165) is 70.6 Å². The van der Waals surface area contributed by atoms with E-state index in [1.165, 1.54) is 231 Å². The monoisotopic (exact) mass is 1100 g/mol. The maximum absolute atomic E-state index is 12.9. The van der Waals surface area contributed by atoms with E-state index in [9.17, 15) is 14.4 Å². The molecule has 0 amide bonds. The highest BCUT2D eigenvalue weighted by Crippen LogP contribution is 2.17. The summed E-state index contributed by atoms with van der Waals surface area (Å²) in [4.78, 5) is 38.3. The quantitative estimate of drug-likeness (QED) is 0.0261. The summed E-state index contributed by atoms with van der Waals surface area (Å²) in [5.74, 6) is -1.03. The van der Waals surface area contributed by atoms with Crippen molar-refractivity contribution in [2.75, 3.05) is 13.2 Å². The Hall–Kier alpha value is -3.41. The fourth-order valence-corrected chi connectivity index (χ4v) is 9.80. The summed E-state index contributed by atoms with van der Waals surface area (Å²) in [7, 11) is 0. The van der Waals surface area contributed by atoms with Crippen LogP contribution in [0.25, 0.3) is 0 Å². The number of allylic oxidation sites excluding steroid dienone is 13. The minimum absolute atomic E-state index is 0.106. The number of hydrogen-bond acceptors (Lipinski definition) is 6. The van der Waals surface area contributed by atoms with Crippen LogP contribution in [-0.4, -0.2) is 37.2 Å². The first-order valence-corrected chi connectivity index (χ1v) is 34.1. The van der Waals surface area contributed by atoms with Crippen molar-refractivity contribution in [1.82, 2.24) is 0 Å². The summed E-state index contributed by atoms with van der Waals surface area (Å²) in [6, 6.07) is 0. The Balaban J connectivity index is 4.29. The van der Waals surface area contributed by atoms with Crippen LogP contribution in [0.2, 0.25) is 0 Å². The Morgan fingerprint density at radius 1 is 0.278 bits per heavy atom. The van der Waals surface area contributed by atoms with Crippen molar-refractivity contribution in [3.63, 3.8) is 0 Å². The van der Waals surface area contributed by atoms with Crippen molar-refractivity contribution in [3.05, 3.63) is 85.1 Å². The van der Waals surface area contributed by atoms with Crippen molar-refractivity contribution in [2.45, 2.75) is 348 Å². The summed E-state index contributed by atoms with van der Waals surface area (Å²) >= 11 is 0. The van der Waals surface area contributed by atoms with Gasteiger partial charge >= 0.3 is 17.9 Å². The molecular weight excluding hydrogens is 973 g/mol. The van der Waals surface area contributed by atoms with Crippen molar-refractivity contribution < 1.29 is 28.6 Å². The van der Waals surface area contributed by atoms with Gasteiger partial charge in [0, 0.05) is 12.8 Å². The molecule has 0 spiro atoms. The van der Waals surface area contributed by atoms with Crippen LogP contribution in [0, 0.1) is 0 Å². The number of rotatable bonds is 62. The topological polar surface area (TPSA) is 78.9 Å². The van der Waals surface area contributed by atoms with Gasteiger partial charge in [-0.05, 0) is 96.3 Å². The molecule has 0 aliphatic heterocycles. The predicted molar refractivity (Wildman–Crippen MR) is 344 cm³/mol. The number of esters is 3. The molecule has 0 aliphatic rings. The second-order valence-electron chi connectivity index (χ2n) is 22.7. The highest BCUT2D eigenvalue weighted by molar-refractivity contribution is 5.72. The van der Waals surface area contributed by atoms with Gasteiger partial charge in [-0.25, -0.2) is 0 Å². The van der Waals surface area contributed by atoms with Crippen molar-refractivity contribution in [2.24, 2.45) is 0 Å². The van der Waals surface area contributed by atoms with Gasteiger partial charge in [0.05, 0.1) is 6.42 Å². The van der Waals surface area contributed by atoms with Crippen molar-refractivity contribution in [1.29, 1.82) is 0 Å². The third-order valence-electron chi connectivity index (χ3n) is 14.9. The van der Waals surface area contributed by atoms with E-state index in [2.05, 4.69) is 93.7 Å². The molecule has 0 N–H and O–H groups in total. The Kier molecular flexibility index (Phi) is 64.2. The number of ether oxygens (including phenoxy) is 3. The summed E-state index contributed by atoms with van der Waals surface area (Å²) in [5.41, 5.74) is 0. The van der Waals surface area contributed by atoms with E-state index in [1.54, 1.807) is 6.08 Å². The lowest BCUT2D eigenvalue weighted by atomic mass is 10.0.